The largest absolute Gasteiger partial charge is 0.480 e. The van der Waals surface area contributed by atoms with E-state index >= 15 is 0 Å². The van der Waals surface area contributed by atoms with Crippen LogP contribution in [0.2, 0.25) is 0 Å². The van der Waals surface area contributed by atoms with Gasteiger partial charge in [0.05, 0.1) is 0 Å². The Bertz CT molecular complexity index is 173. The smallest absolute Gasteiger partial charge is 0.329 e. The fourth-order valence-corrected chi connectivity index (χ4v) is 1.27. The summed E-state index contributed by atoms with van der Waals surface area (Å²) in [6.45, 7) is 0. The van der Waals surface area contributed by atoms with E-state index in [1.165, 1.54) is 11.8 Å². The van der Waals surface area contributed by atoms with Gasteiger partial charge >= 0.3 is 5.97 Å². The number of amidine groups is 1. The second kappa shape index (κ2) is 6.85. The summed E-state index contributed by atoms with van der Waals surface area (Å²) in [6.07, 6.45) is 0. The number of aliphatic carboxylic acids is 1. The molecule has 7 nitrogen and oxygen atoms in total. The molecule has 8 heteroatoms. The molecule has 0 bridgehead atoms. The zero-order valence-electron chi connectivity index (χ0n) is 6.07. The molecule has 12 heavy (non-hydrogen) atoms. The van der Waals surface area contributed by atoms with Crippen LogP contribution in [-0.2, 0) is 4.79 Å². The third kappa shape index (κ3) is 4.13. The Kier molecular flexibility index (Phi) is 9.89. The molecular formula is C4H12N2O5S. The van der Waals surface area contributed by atoms with E-state index in [1.807, 2.05) is 0 Å². The average Bonchev–Trinajstić information content (AvgIpc) is 2.14. The van der Waals surface area contributed by atoms with Crippen LogP contribution >= 0.6 is 11.8 Å². The summed E-state index contributed by atoms with van der Waals surface area (Å²) in [5.74, 6) is -0.427. The Labute approximate surface area is 72.6 Å². The van der Waals surface area contributed by atoms with Crippen molar-refractivity contribution in [2.45, 2.75) is 6.04 Å². The molecule has 0 aromatic carbocycles. The number of hydrogen-bond donors (Lipinski definition) is 2. The van der Waals surface area contributed by atoms with E-state index in [-0.39, 0.29) is 16.4 Å². The first-order valence-electron chi connectivity index (χ1n) is 2.39. The lowest BCUT2D eigenvalue weighted by atomic mass is 10.4. The van der Waals surface area contributed by atoms with Gasteiger partial charge in [0, 0.05) is 5.75 Å². The molecule has 0 aromatic rings. The molecule has 1 atom stereocenters. The minimum Gasteiger partial charge on any atom is -0.480 e. The molecular weight excluding hydrogens is 188 g/mol. The normalized spacial score (nSPS) is 19.3. The van der Waals surface area contributed by atoms with Crippen LogP contribution < -0.4 is 5.73 Å². The quantitative estimate of drug-likeness (QED) is 0.460. The fourth-order valence-electron chi connectivity index (χ4n) is 0.519. The van der Waals surface area contributed by atoms with Crippen LogP contribution in [-0.4, -0.2) is 44.5 Å². The van der Waals surface area contributed by atoms with Gasteiger partial charge in [-0.1, -0.05) is 11.8 Å². The molecule has 0 amide bonds. The molecule has 0 saturated carbocycles. The van der Waals surface area contributed by atoms with Gasteiger partial charge in [0.25, 0.3) is 0 Å². The zero-order chi connectivity index (χ0) is 6.85. The monoisotopic (exact) mass is 200 g/mol. The topological polar surface area (TPSA) is 170 Å². The van der Waals surface area contributed by atoms with Crippen molar-refractivity contribution in [2.24, 2.45) is 10.7 Å². The molecule has 0 radical (unpaired) electrons. The molecule has 0 aromatic heterocycles. The van der Waals surface area contributed by atoms with Gasteiger partial charge in [0.2, 0.25) is 0 Å². The van der Waals surface area contributed by atoms with Crippen LogP contribution in [0.1, 0.15) is 0 Å². The molecule has 0 saturated heterocycles. The van der Waals surface area contributed by atoms with Crippen molar-refractivity contribution in [3.63, 3.8) is 0 Å². The summed E-state index contributed by atoms with van der Waals surface area (Å²) in [5, 5.41) is 8.73. The van der Waals surface area contributed by atoms with Gasteiger partial charge in [-0.3, -0.25) is 0 Å². The van der Waals surface area contributed by atoms with Crippen molar-refractivity contribution in [3.8, 4) is 0 Å². The molecule has 1 rings (SSSR count). The van der Waals surface area contributed by atoms with Gasteiger partial charge in [-0.15, -0.1) is 0 Å². The number of carboxylic acids is 1. The van der Waals surface area contributed by atoms with E-state index in [1.54, 1.807) is 0 Å². The molecule has 9 N–H and O–H groups in total. The Morgan fingerprint density at radius 3 is 2.25 bits per heavy atom. The standard InChI is InChI=1S/C4H6N2O2S.3H2O/c5-4-6-2(1-9-4)3(7)8;;;/h2H,1H2,(H2,5,6)(H,7,8);3*1H2. The highest BCUT2D eigenvalue weighted by atomic mass is 32.2. The van der Waals surface area contributed by atoms with Gasteiger partial charge in [-0.2, -0.15) is 0 Å². The first-order valence-corrected chi connectivity index (χ1v) is 3.37. The van der Waals surface area contributed by atoms with Gasteiger partial charge < -0.3 is 27.3 Å². The second-order valence-electron chi connectivity index (χ2n) is 1.63. The van der Waals surface area contributed by atoms with Gasteiger partial charge in [-0.25, -0.2) is 9.79 Å². The molecule has 1 aliphatic rings. The first-order chi connectivity index (χ1) is 4.20. The molecule has 0 aliphatic carbocycles. The summed E-state index contributed by atoms with van der Waals surface area (Å²) in [6, 6.07) is -0.616. The average molecular weight is 200 g/mol. The van der Waals surface area contributed by atoms with E-state index in [4.69, 9.17) is 10.8 Å². The molecule has 0 fully saturated rings. The predicted octanol–water partition coefficient (Wildman–Crippen LogP) is -2.97. The number of rotatable bonds is 1. The van der Waals surface area contributed by atoms with Crippen LogP contribution in [0.3, 0.4) is 0 Å². The minimum absolute atomic E-state index is 0. The van der Waals surface area contributed by atoms with E-state index in [2.05, 4.69) is 4.99 Å². The Morgan fingerprint density at radius 2 is 2.08 bits per heavy atom. The Balaban J connectivity index is -0.000000270. The number of nitrogens with zero attached hydrogens (tertiary/aromatic N) is 1. The van der Waals surface area contributed by atoms with Crippen molar-refractivity contribution < 1.29 is 26.3 Å². The van der Waals surface area contributed by atoms with Crippen molar-refractivity contribution in [1.29, 1.82) is 0 Å². The van der Waals surface area contributed by atoms with Crippen LogP contribution in [0.25, 0.3) is 0 Å². The Morgan fingerprint density at radius 1 is 1.58 bits per heavy atom. The molecule has 1 heterocycles. The fraction of sp³-hybridized carbons (Fsp3) is 0.500. The highest BCUT2D eigenvalue weighted by molar-refractivity contribution is 8.14. The number of thioether (sulfide) groups is 1. The van der Waals surface area contributed by atoms with Crippen molar-refractivity contribution >= 4 is 22.9 Å². The lowest BCUT2D eigenvalue weighted by Gasteiger charge is -1.93. The lowest BCUT2D eigenvalue weighted by molar-refractivity contribution is -0.137. The van der Waals surface area contributed by atoms with Crippen molar-refractivity contribution in [2.75, 3.05) is 5.75 Å². The summed E-state index contributed by atoms with van der Waals surface area (Å²) >= 11 is 1.28. The van der Waals surface area contributed by atoms with Gasteiger partial charge in [0.1, 0.15) is 0 Å². The van der Waals surface area contributed by atoms with E-state index in [9.17, 15) is 4.79 Å². The predicted molar refractivity (Wildman–Crippen MR) is 46.3 cm³/mol. The Hall–Kier alpha value is -0.830. The summed E-state index contributed by atoms with van der Waals surface area (Å²) in [5.41, 5.74) is 5.21. The highest BCUT2D eigenvalue weighted by Crippen LogP contribution is 2.14. The maximum atomic E-state index is 10.2. The SMILES string of the molecule is NC1=NC(C(=O)O)CS1.O.O.O. The van der Waals surface area contributed by atoms with Crippen LogP contribution in [0.5, 0.6) is 0 Å². The first kappa shape index (κ1) is 17.3. The number of aliphatic imine (C=N–C) groups is 1. The molecule has 1 unspecified atom stereocenters. The minimum atomic E-state index is -0.900. The lowest BCUT2D eigenvalue weighted by Crippen LogP contribution is -2.17. The molecule has 1 aliphatic heterocycles. The van der Waals surface area contributed by atoms with E-state index in [0.717, 1.165) is 0 Å². The maximum Gasteiger partial charge on any atom is 0.329 e. The third-order valence-electron chi connectivity index (χ3n) is 0.957. The molecule has 74 valence electrons. The van der Waals surface area contributed by atoms with Crippen LogP contribution in [0, 0.1) is 0 Å². The highest BCUT2D eigenvalue weighted by Gasteiger charge is 2.22. The maximum absolute atomic E-state index is 10.2. The van der Waals surface area contributed by atoms with Crippen molar-refractivity contribution in [1.82, 2.24) is 0 Å². The number of nitrogens with two attached hydrogens (primary N) is 1. The van der Waals surface area contributed by atoms with Crippen molar-refractivity contribution in [3.05, 3.63) is 0 Å². The number of hydrogen-bond acceptors (Lipinski definition) is 4. The summed E-state index contributed by atoms with van der Waals surface area (Å²) in [4.78, 5) is 13.8. The van der Waals surface area contributed by atoms with E-state index < -0.39 is 12.0 Å². The van der Waals surface area contributed by atoms with Crippen LogP contribution in [0.4, 0.5) is 0 Å². The number of carboxylic acid groups (broad SMARTS) is 1. The third-order valence-corrected chi connectivity index (χ3v) is 1.84. The number of carbonyl (C=O) groups is 1. The van der Waals surface area contributed by atoms with Gasteiger partial charge in [-0.05, 0) is 0 Å². The molecule has 0 spiro atoms. The second-order valence-corrected chi connectivity index (χ2v) is 2.67. The zero-order valence-corrected chi connectivity index (χ0v) is 6.89. The van der Waals surface area contributed by atoms with Crippen LogP contribution in [0.15, 0.2) is 4.99 Å². The summed E-state index contributed by atoms with van der Waals surface area (Å²) in [7, 11) is 0. The van der Waals surface area contributed by atoms with E-state index in [0.29, 0.717) is 10.9 Å². The van der Waals surface area contributed by atoms with Gasteiger partial charge in [0.15, 0.2) is 11.2 Å². The summed E-state index contributed by atoms with van der Waals surface area (Å²) < 4.78 is 0.